The number of ether oxygens (including phenoxy) is 2. The summed E-state index contributed by atoms with van der Waals surface area (Å²) in [6.45, 7) is 8.56. The van der Waals surface area contributed by atoms with Crippen LogP contribution in [0.2, 0.25) is 0 Å². The van der Waals surface area contributed by atoms with Crippen LogP contribution in [0.5, 0.6) is 5.88 Å². The summed E-state index contributed by atoms with van der Waals surface area (Å²) in [6, 6.07) is 0. The molecule has 0 bridgehead atoms. The predicted molar refractivity (Wildman–Crippen MR) is 76.4 cm³/mol. The van der Waals surface area contributed by atoms with Crippen LogP contribution in [0, 0.1) is 6.92 Å². The van der Waals surface area contributed by atoms with Crippen molar-refractivity contribution in [3.05, 3.63) is 11.4 Å². The second-order valence-corrected chi connectivity index (χ2v) is 5.27. The highest BCUT2D eigenvalue weighted by Crippen LogP contribution is 2.21. The minimum atomic E-state index is -0.196. The highest BCUT2D eigenvalue weighted by atomic mass is 16.5. The molecule has 19 heavy (non-hydrogen) atoms. The summed E-state index contributed by atoms with van der Waals surface area (Å²) in [5.74, 6) is 1.83. The van der Waals surface area contributed by atoms with E-state index in [0.29, 0.717) is 18.3 Å². The molecule has 1 aromatic heterocycles. The minimum absolute atomic E-state index is 0.196. The fourth-order valence-corrected chi connectivity index (χ4v) is 1.53. The Morgan fingerprint density at radius 2 is 1.95 bits per heavy atom. The lowest BCUT2D eigenvalue weighted by molar-refractivity contribution is 0.00500. The first-order valence-corrected chi connectivity index (χ1v) is 6.70. The monoisotopic (exact) mass is 267 g/mol. The number of nitrogen functional groups attached to an aromatic ring is 1. The smallest absolute Gasteiger partial charge is 0.221 e. The molecule has 0 aliphatic rings. The number of hydrogen-bond acceptors (Lipinski definition) is 5. The molecule has 0 aliphatic heterocycles. The van der Waals surface area contributed by atoms with E-state index < -0.39 is 0 Å². The summed E-state index contributed by atoms with van der Waals surface area (Å²) in [5, 5.41) is 0. The van der Waals surface area contributed by atoms with Gasteiger partial charge in [0, 0.05) is 20.0 Å². The van der Waals surface area contributed by atoms with Crippen molar-refractivity contribution < 1.29 is 9.47 Å². The Labute approximate surface area is 115 Å². The lowest BCUT2D eigenvalue weighted by Crippen LogP contribution is -2.25. The average Bonchev–Trinajstić information content (AvgIpc) is 2.35. The van der Waals surface area contributed by atoms with Gasteiger partial charge in [0.2, 0.25) is 5.88 Å². The average molecular weight is 267 g/mol. The fraction of sp³-hybridized carbons (Fsp3) is 0.714. The summed E-state index contributed by atoms with van der Waals surface area (Å²) in [7, 11) is 1.70. The van der Waals surface area contributed by atoms with E-state index in [9.17, 15) is 0 Å². The molecule has 0 unspecified atom stereocenters. The van der Waals surface area contributed by atoms with Crippen molar-refractivity contribution in [1.29, 1.82) is 0 Å². The minimum Gasteiger partial charge on any atom is -0.477 e. The number of nitrogens with two attached hydrogens (primary N) is 1. The molecular formula is C14H25N3O2. The summed E-state index contributed by atoms with van der Waals surface area (Å²) in [4.78, 5) is 8.67. The molecule has 1 rings (SSSR count). The Balaban J connectivity index is 2.72. The van der Waals surface area contributed by atoms with Crippen molar-refractivity contribution >= 4 is 5.82 Å². The zero-order valence-electron chi connectivity index (χ0n) is 12.6. The van der Waals surface area contributed by atoms with Crippen molar-refractivity contribution in [3.8, 4) is 5.88 Å². The van der Waals surface area contributed by atoms with Crippen LogP contribution in [0.4, 0.5) is 5.82 Å². The standard InChI is InChI=1S/C14H25N3O2/c1-6-7-11-16-12(15)10(2)13(17-11)19-9-8-14(3,4)18-5/h6-9H2,1-5H3,(H2,15,16,17). The number of aromatic nitrogens is 2. The van der Waals surface area contributed by atoms with Crippen LogP contribution in [0.3, 0.4) is 0 Å². The van der Waals surface area contributed by atoms with Crippen molar-refractivity contribution in [3.63, 3.8) is 0 Å². The lowest BCUT2D eigenvalue weighted by Gasteiger charge is -2.22. The Morgan fingerprint density at radius 3 is 2.53 bits per heavy atom. The predicted octanol–water partition coefficient (Wildman–Crippen LogP) is 2.51. The van der Waals surface area contributed by atoms with Crippen LogP contribution in [-0.2, 0) is 11.2 Å². The molecule has 0 fully saturated rings. The number of nitrogens with zero attached hydrogens (tertiary/aromatic N) is 2. The summed E-state index contributed by atoms with van der Waals surface area (Å²) < 4.78 is 11.1. The third kappa shape index (κ3) is 4.67. The molecule has 5 heteroatoms. The molecular weight excluding hydrogens is 242 g/mol. The third-order valence-corrected chi connectivity index (χ3v) is 3.15. The highest BCUT2D eigenvalue weighted by Gasteiger charge is 2.17. The van der Waals surface area contributed by atoms with Crippen LogP contribution in [0.15, 0.2) is 0 Å². The maximum absolute atomic E-state index is 5.88. The normalized spacial score (nSPS) is 11.6. The van der Waals surface area contributed by atoms with Gasteiger partial charge >= 0.3 is 0 Å². The van der Waals surface area contributed by atoms with Crippen LogP contribution in [0.25, 0.3) is 0 Å². The Kier molecular flexibility index (Phi) is 5.54. The maximum Gasteiger partial charge on any atom is 0.221 e. The van der Waals surface area contributed by atoms with Crippen molar-refractivity contribution in [2.24, 2.45) is 0 Å². The number of hydrogen-bond donors (Lipinski definition) is 1. The van der Waals surface area contributed by atoms with Gasteiger partial charge in [-0.2, -0.15) is 4.98 Å². The first-order chi connectivity index (χ1) is 8.89. The van der Waals surface area contributed by atoms with Crippen LogP contribution < -0.4 is 10.5 Å². The molecule has 0 saturated heterocycles. The number of anilines is 1. The van der Waals surface area contributed by atoms with Gasteiger partial charge < -0.3 is 15.2 Å². The van der Waals surface area contributed by atoms with E-state index in [1.165, 1.54) is 0 Å². The molecule has 0 radical (unpaired) electrons. The number of aryl methyl sites for hydroxylation is 1. The van der Waals surface area contributed by atoms with E-state index in [1.54, 1.807) is 7.11 Å². The van der Waals surface area contributed by atoms with Gasteiger partial charge in [0.05, 0.1) is 17.8 Å². The number of rotatable bonds is 7. The molecule has 0 aromatic carbocycles. The largest absolute Gasteiger partial charge is 0.477 e. The van der Waals surface area contributed by atoms with Gasteiger partial charge in [0.1, 0.15) is 11.6 Å². The van der Waals surface area contributed by atoms with E-state index in [0.717, 1.165) is 30.7 Å². The quantitative estimate of drug-likeness (QED) is 0.822. The third-order valence-electron chi connectivity index (χ3n) is 3.15. The highest BCUT2D eigenvalue weighted by molar-refractivity contribution is 5.44. The molecule has 1 aromatic rings. The Bertz CT molecular complexity index is 419. The molecule has 1 heterocycles. The maximum atomic E-state index is 5.88. The van der Waals surface area contributed by atoms with Gasteiger partial charge in [-0.3, -0.25) is 0 Å². The fourth-order valence-electron chi connectivity index (χ4n) is 1.53. The zero-order chi connectivity index (χ0) is 14.5. The van der Waals surface area contributed by atoms with Gasteiger partial charge in [0.25, 0.3) is 0 Å². The van der Waals surface area contributed by atoms with Crippen molar-refractivity contribution in [2.75, 3.05) is 19.5 Å². The van der Waals surface area contributed by atoms with E-state index in [4.69, 9.17) is 15.2 Å². The summed E-state index contributed by atoms with van der Waals surface area (Å²) >= 11 is 0. The van der Waals surface area contributed by atoms with Crippen LogP contribution in [0.1, 0.15) is 45.0 Å². The first-order valence-electron chi connectivity index (χ1n) is 6.70. The molecule has 2 N–H and O–H groups in total. The van der Waals surface area contributed by atoms with E-state index >= 15 is 0 Å². The summed E-state index contributed by atoms with van der Waals surface area (Å²) in [5.41, 5.74) is 6.48. The van der Waals surface area contributed by atoms with Gasteiger partial charge in [-0.25, -0.2) is 4.98 Å². The van der Waals surface area contributed by atoms with Gasteiger partial charge in [-0.05, 0) is 27.2 Å². The molecule has 0 amide bonds. The zero-order valence-corrected chi connectivity index (χ0v) is 12.6. The van der Waals surface area contributed by atoms with Gasteiger partial charge in [-0.1, -0.05) is 6.92 Å². The van der Waals surface area contributed by atoms with E-state index in [-0.39, 0.29) is 5.60 Å². The summed E-state index contributed by atoms with van der Waals surface area (Å²) in [6.07, 6.45) is 2.58. The molecule has 0 aliphatic carbocycles. The van der Waals surface area contributed by atoms with Gasteiger partial charge in [0.15, 0.2) is 0 Å². The second-order valence-electron chi connectivity index (χ2n) is 5.27. The van der Waals surface area contributed by atoms with Crippen molar-refractivity contribution in [2.45, 2.75) is 52.6 Å². The molecule has 5 nitrogen and oxygen atoms in total. The van der Waals surface area contributed by atoms with Crippen LogP contribution in [-0.4, -0.2) is 29.3 Å². The Morgan fingerprint density at radius 1 is 1.26 bits per heavy atom. The van der Waals surface area contributed by atoms with Crippen LogP contribution >= 0.6 is 0 Å². The second kappa shape index (κ2) is 6.70. The van der Waals surface area contributed by atoms with Crippen molar-refractivity contribution in [1.82, 2.24) is 9.97 Å². The molecule has 0 saturated carbocycles. The topological polar surface area (TPSA) is 70.3 Å². The Hall–Kier alpha value is -1.36. The van der Waals surface area contributed by atoms with E-state index in [1.807, 2.05) is 20.8 Å². The molecule has 108 valence electrons. The molecule has 0 atom stereocenters. The number of methoxy groups -OCH3 is 1. The first kappa shape index (κ1) is 15.7. The van der Waals surface area contributed by atoms with E-state index in [2.05, 4.69) is 16.9 Å². The SMILES string of the molecule is CCCc1nc(N)c(C)c(OCCC(C)(C)OC)n1. The lowest BCUT2D eigenvalue weighted by atomic mass is 10.1. The van der Waals surface area contributed by atoms with Gasteiger partial charge in [-0.15, -0.1) is 0 Å². The molecule has 0 spiro atoms.